The van der Waals surface area contributed by atoms with Gasteiger partial charge >= 0.3 is 11.9 Å². The number of carboxylic acids is 2. The minimum Gasteiger partial charge on any atom is -0.489 e. The number of thioether (sulfide) groups is 1. The number of carboxylic acid groups (broad SMARTS) is 2. The first-order valence-electron chi connectivity index (χ1n) is 11.1. The van der Waals surface area contributed by atoms with Crippen LogP contribution in [0.25, 0.3) is 6.08 Å². The first-order chi connectivity index (χ1) is 17.3. The molecule has 4 rings (SSSR count). The lowest BCUT2D eigenvalue weighted by atomic mass is 9.94. The molecule has 2 N–H and O–H groups in total. The fourth-order valence-corrected chi connectivity index (χ4v) is 5.32. The molecule has 0 saturated carbocycles. The van der Waals surface area contributed by atoms with Crippen molar-refractivity contribution < 1.29 is 38.8 Å². The topological polar surface area (TPSA) is 123 Å². The second-order valence-electron chi connectivity index (χ2n) is 8.11. The van der Waals surface area contributed by atoms with E-state index in [4.69, 9.17) is 26.4 Å². The number of fused-ring (bicyclic) bond motifs is 1. The van der Waals surface area contributed by atoms with Crippen LogP contribution in [-0.2, 0) is 21.0 Å². The molecule has 0 radical (unpaired) electrons. The Labute approximate surface area is 216 Å². The van der Waals surface area contributed by atoms with E-state index >= 15 is 0 Å². The normalized spacial score (nSPS) is 16.6. The van der Waals surface area contributed by atoms with Crippen LogP contribution in [0, 0.1) is 5.92 Å². The zero-order chi connectivity index (χ0) is 25.8. The lowest BCUT2D eigenvalue weighted by Gasteiger charge is -2.29. The Bertz CT molecular complexity index is 1210. The summed E-state index contributed by atoms with van der Waals surface area (Å²) in [6, 6.07) is 11.6. The summed E-state index contributed by atoms with van der Waals surface area (Å²) < 4.78 is 16.7. The molecule has 1 saturated heterocycles. The van der Waals surface area contributed by atoms with Crippen LogP contribution in [0.4, 0.5) is 0 Å². The van der Waals surface area contributed by atoms with Crippen LogP contribution < -0.4 is 14.2 Å². The van der Waals surface area contributed by atoms with E-state index in [1.807, 2.05) is 18.2 Å². The number of amides is 1. The summed E-state index contributed by atoms with van der Waals surface area (Å²) >= 11 is 6.35. The summed E-state index contributed by atoms with van der Waals surface area (Å²) in [6.45, 7) is 2.33. The minimum atomic E-state index is -1.77. The van der Waals surface area contributed by atoms with E-state index in [9.17, 15) is 24.6 Å². The summed E-state index contributed by atoms with van der Waals surface area (Å²) in [6.07, 6.45) is 2.32. The molecule has 2 heterocycles. The molecule has 1 atom stereocenters. The molecular weight excluding hydrogens is 506 g/mol. The predicted molar refractivity (Wildman–Crippen MR) is 136 cm³/mol. The van der Waals surface area contributed by atoms with Crippen LogP contribution in [0.3, 0.4) is 0 Å². The molecule has 0 aromatic heterocycles. The molecule has 2 aliphatic heterocycles. The number of ether oxygens (including phenoxy) is 3. The van der Waals surface area contributed by atoms with Crippen molar-refractivity contribution in [2.24, 2.45) is 5.92 Å². The fraction of sp³-hybridized carbons (Fsp3) is 0.280. The van der Waals surface area contributed by atoms with E-state index in [1.165, 1.54) is 0 Å². The average molecular weight is 530 g/mol. The van der Waals surface area contributed by atoms with Crippen LogP contribution in [0.1, 0.15) is 30.9 Å². The lowest BCUT2D eigenvalue weighted by molar-refractivity contribution is -0.157. The van der Waals surface area contributed by atoms with Crippen LogP contribution in [0.15, 0.2) is 47.4 Å². The minimum absolute atomic E-state index is 0.140. The van der Waals surface area contributed by atoms with E-state index in [-0.39, 0.29) is 17.5 Å². The van der Waals surface area contributed by atoms with Gasteiger partial charge in [0.2, 0.25) is 6.79 Å². The highest BCUT2D eigenvalue weighted by molar-refractivity contribution is 8.26. The quantitative estimate of drug-likeness (QED) is 0.264. The van der Waals surface area contributed by atoms with Gasteiger partial charge in [-0.25, -0.2) is 0 Å². The Morgan fingerprint density at radius 2 is 1.83 bits per heavy atom. The summed E-state index contributed by atoms with van der Waals surface area (Å²) in [5.74, 6) is -3.26. The molecular formula is C25H23NO8S2. The first-order valence-corrected chi connectivity index (χ1v) is 12.3. The summed E-state index contributed by atoms with van der Waals surface area (Å²) in [4.78, 5) is 37.8. The Hall–Kier alpha value is -3.57. The van der Waals surface area contributed by atoms with Crippen molar-refractivity contribution in [2.45, 2.75) is 32.4 Å². The van der Waals surface area contributed by atoms with Crippen molar-refractivity contribution in [3.8, 4) is 17.2 Å². The average Bonchev–Trinajstić information content (AvgIpc) is 3.41. The number of carbonyl (C=O) groups is 3. The Morgan fingerprint density at radius 3 is 2.50 bits per heavy atom. The van der Waals surface area contributed by atoms with E-state index in [1.54, 1.807) is 37.3 Å². The standard InChI is InChI=1S/C25H23NO8S2/c1-2-3-17(21(23(28)29)24(30)31)26-22(27)20(36-25(26)35)11-14-4-7-16(8-5-14)32-12-15-6-9-18-19(10-15)34-13-33-18/h4-11,17,21H,2-3,12-13H2,1H3,(H,28,29)(H,30,31). The van der Waals surface area contributed by atoms with Crippen molar-refractivity contribution in [1.29, 1.82) is 0 Å². The number of benzene rings is 2. The van der Waals surface area contributed by atoms with Crippen molar-refractivity contribution in [1.82, 2.24) is 4.90 Å². The number of carbonyl (C=O) groups excluding carboxylic acids is 1. The molecule has 9 nitrogen and oxygen atoms in total. The molecule has 0 bridgehead atoms. The molecule has 2 aliphatic rings. The monoisotopic (exact) mass is 529 g/mol. The number of nitrogens with zero attached hydrogens (tertiary/aromatic N) is 1. The maximum atomic E-state index is 13.1. The van der Waals surface area contributed by atoms with Crippen molar-refractivity contribution in [2.75, 3.05) is 6.79 Å². The molecule has 2 aromatic carbocycles. The zero-order valence-electron chi connectivity index (χ0n) is 19.2. The fourth-order valence-electron chi connectivity index (χ4n) is 3.95. The molecule has 0 spiro atoms. The van der Waals surface area contributed by atoms with Gasteiger partial charge in [0.05, 0.1) is 10.9 Å². The molecule has 1 fully saturated rings. The highest BCUT2D eigenvalue weighted by atomic mass is 32.2. The smallest absolute Gasteiger partial charge is 0.320 e. The number of aliphatic carboxylic acids is 2. The Morgan fingerprint density at radius 1 is 1.14 bits per heavy atom. The Kier molecular flexibility index (Phi) is 7.80. The number of hydrogen-bond donors (Lipinski definition) is 2. The van der Waals surface area contributed by atoms with E-state index in [0.717, 1.165) is 22.2 Å². The molecule has 36 heavy (non-hydrogen) atoms. The summed E-state index contributed by atoms with van der Waals surface area (Å²) in [5.41, 5.74) is 1.64. The molecule has 1 amide bonds. The highest BCUT2D eigenvalue weighted by Gasteiger charge is 2.45. The summed E-state index contributed by atoms with van der Waals surface area (Å²) in [7, 11) is 0. The van der Waals surface area contributed by atoms with Gasteiger partial charge in [-0.3, -0.25) is 19.3 Å². The van der Waals surface area contributed by atoms with Gasteiger partial charge in [-0.05, 0) is 47.9 Å². The van der Waals surface area contributed by atoms with Crippen LogP contribution in [-0.4, -0.2) is 50.1 Å². The van der Waals surface area contributed by atoms with E-state index in [0.29, 0.717) is 40.7 Å². The third-order valence-corrected chi connectivity index (χ3v) is 7.01. The van der Waals surface area contributed by atoms with Gasteiger partial charge in [0.15, 0.2) is 17.4 Å². The largest absolute Gasteiger partial charge is 0.489 e. The van der Waals surface area contributed by atoms with Gasteiger partial charge in [0.25, 0.3) is 5.91 Å². The van der Waals surface area contributed by atoms with Gasteiger partial charge in [-0.1, -0.05) is 55.5 Å². The van der Waals surface area contributed by atoms with Crippen molar-refractivity contribution in [3.63, 3.8) is 0 Å². The Balaban J connectivity index is 1.45. The van der Waals surface area contributed by atoms with Crippen molar-refractivity contribution >= 4 is 52.2 Å². The second-order valence-corrected chi connectivity index (χ2v) is 9.78. The number of hydrogen-bond acceptors (Lipinski definition) is 8. The molecule has 1 unspecified atom stereocenters. The SMILES string of the molecule is CCCC(C(C(=O)O)C(=O)O)N1C(=O)C(=Cc2ccc(OCc3ccc4c(c3)OCO4)cc2)SC1=S. The van der Waals surface area contributed by atoms with Crippen LogP contribution >= 0.6 is 24.0 Å². The van der Waals surface area contributed by atoms with E-state index < -0.39 is 29.8 Å². The second kappa shape index (κ2) is 11.0. The maximum Gasteiger partial charge on any atom is 0.320 e. The third kappa shape index (κ3) is 5.47. The molecule has 11 heteroatoms. The predicted octanol–water partition coefficient (Wildman–Crippen LogP) is 4.15. The third-order valence-electron chi connectivity index (χ3n) is 5.68. The van der Waals surface area contributed by atoms with Crippen molar-refractivity contribution in [3.05, 3.63) is 58.5 Å². The highest BCUT2D eigenvalue weighted by Crippen LogP contribution is 2.37. The number of rotatable bonds is 10. The van der Waals surface area contributed by atoms with Gasteiger partial charge in [-0.2, -0.15) is 0 Å². The summed E-state index contributed by atoms with van der Waals surface area (Å²) in [5, 5.41) is 18.9. The first kappa shape index (κ1) is 25.5. The van der Waals surface area contributed by atoms with Crippen LogP contribution in [0.2, 0.25) is 0 Å². The van der Waals surface area contributed by atoms with Gasteiger partial charge in [0.1, 0.15) is 16.7 Å². The van der Waals surface area contributed by atoms with Gasteiger partial charge in [-0.15, -0.1) is 0 Å². The molecule has 0 aliphatic carbocycles. The van der Waals surface area contributed by atoms with Gasteiger partial charge < -0.3 is 24.4 Å². The van der Waals surface area contributed by atoms with Crippen LogP contribution in [0.5, 0.6) is 17.2 Å². The van der Waals surface area contributed by atoms with Gasteiger partial charge in [0, 0.05) is 0 Å². The number of thiocarbonyl (C=S) groups is 1. The zero-order valence-corrected chi connectivity index (χ0v) is 20.8. The van der Waals surface area contributed by atoms with E-state index in [2.05, 4.69) is 0 Å². The molecule has 188 valence electrons. The maximum absolute atomic E-state index is 13.1. The lowest BCUT2D eigenvalue weighted by Crippen LogP contribution is -2.48. The molecule has 2 aromatic rings.